The summed E-state index contributed by atoms with van der Waals surface area (Å²) in [7, 11) is 0. The van der Waals surface area contributed by atoms with Crippen molar-refractivity contribution in [1.29, 1.82) is 0 Å². The molecule has 0 unspecified atom stereocenters. The molecule has 0 fully saturated rings. The Morgan fingerprint density at radius 3 is 2.71 bits per heavy atom. The number of ether oxygens (including phenoxy) is 1. The lowest BCUT2D eigenvalue weighted by atomic mass is 10.1. The quantitative estimate of drug-likeness (QED) is 0.231. The minimum atomic E-state index is -0.601. The van der Waals surface area contributed by atoms with Crippen molar-refractivity contribution in [1.82, 2.24) is 0 Å². The molecule has 156 valence electrons. The van der Waals surface area contributed by atoms with E-state index in [4.69, 9.17) is 25.2 Å². The number of Topliss-reactive ketones (excluding diaryl/α,β-unsaturated/α-hetero) is 1. The number of nitrogens with zero attached hydrogens (tertiary/aromatic N) is 1. The first-order valence-electron chi connectivity index (χ1n) is 9.06. The molecule has 9 heteroatoms. The van der Waals surface area contributed by atoms with Crippen LogP contribution in [0.4, 0.5) is 5.69 Å². The third kappa shape index (κ3) is 3.93. The van der Waals surface area contributed by atoms with Gasteiger partial charge in [-0.1, -0.05) is 23.7 Å². The minimum absolute atomic E-state index is 0.0241. The van der Waals surface area contributed by atoms with Crippen LogP contribution in [0.15, 0.2) is 68.4 Å². The summed E-state index contributed by atoms with van der Waals surface area (Å²) in [6, 6.07) is 11.5. The van der Waals surface area contributed by atoms with Crippen LogP contribution in [0, 0.1) is 17.0 Å². The first-order valence-corrected chi connectivity index (χ1v) is 9.44. The lowest BCUT2D eigenvalue weighted by molar-refractivity contribution is -0.384. The van der Waals surface area contributed by atoms with Crippen LogP contribution in [-0.4, -0.2) is 17.3 Å². The molecular weight excluding hydrogens is 426 g/mol. The van der Waals surface area contributed by atoms with Crippen LogP contribution in [0.25, 0.3) is 22.5 Å². The van der Waals surface area contributed by atoms with E-state index in [1.54, 1.807) is 25.1 Å². The minimum Gasteiger partial charge on any atom is -0.478 e. The third-order valence-electron chi connectivity index (χ3n) is 4.60. The van der Waals surface area contributed by atoms with Crippen molar-refractivity contribution in [2.45, 2.75) is 6.92 Å². The zero-order valence-electron chi connectivity index (χ0n) is 16.1. The van der Waals surface area contributed by atoms with Crippen molar-refractivity contribution in [3.8, 4) is 17.3 Å². The molecule has 8 nitrogen and oxygen atoms in total. The fourth-order valence-electron chi connectivity index (χ4n) is 3.01. The van der Waals surface area contributed by atoms with Gasteiger partial charge in [0, 0.05) is 22.7 Å². The van der Waals surface area contributed by atoms with E-state index in [2.05, 4.69) is 0 Å². The van der Waals surface area contributed by atoms with Crippen molar-refractivity contribution in [2.75, 3.05) is 6.61 Å². The van der Waals surface area contributed by atoms with Gasteiger partial charge in [0.05, 0.1) is 16.6 Å². The van der Waals surface area contributed by atoms with Gasteiger partial charge < -0.3 is 13.6 Å². The largest absolute Gasteiger partial charge is 0.478 e. The number of rotatable bonds is 6. The molecule has 0 aliphatic rings. The predicted molar refractivity (Wildman–Crippen MR) is 113 cm³/mol. The lowest BCUT2D eigenvalue weighted by Gasteiger charge is -2.11. The van der Waals surface area contributed by atoms with E-state index in [9.17, 15) is 19.7 Å². The van der Waals surface area contributed by atoms with E-state index < -0.39 is 22.7 Å². The fourth-order valence-corrected chi connectivity index (χ4v) is 3.18. The maximum atomic E-state index is 13.1. The van der Waals surface area contributed by atoms with Crippen molar-refractivity contribution in [2.24, 2.45) is 0 Å². The van der Waals surface area contributed by atoms with E-state index in [0.717, 1.165) is 11.6 Å². The van der Waals surface area contributed by atoms with E-state index >= 15 is 0 Å². The highest BCUT2D eigenvalue weighted by Crippen LogP contribution is 2.33. The van der Waals surface area contributed by atoms with Crippen molar-refractivity contribution < 1.29 is 23.3 Å². The van der Waals surface area contributed by atoms with Gasteiger partial charge in [-0.2, -0.15) is 0 Å². The second kappa shape index (κ2) is 8.08. The topological polar surface area (TPSA) is 113 Å². The Morgan fingerprint density at radius 2 is 2.00 bits per heavy atom. The summed E-state index contributed by atoms with van der Waals surface area (Å²) in [5, 5.41) is 11.5. The third-order valence-corrected chi connectivity index (χ3v) is 5.01. The Morgan fingerprint density at radius 1 is 1.19 bits per heavy atom. The van der Waals surface area contributed by atoms with E-state index in [-0.39, 0.29) is 39.5 Å². The molecule has 0 amide bonds. The van der Waals surface area contributed by atoms with Gasteiger partial charge in [0.15, 0.2) is 18.2 Å². The Hall–Kier alpha value is -3.91. The molecule has 0 spiro atoms. The standard InChI is InChI=1S/C22H14ClNO7/c1-12-8-19-15(10-16(12)23)20(26)22(21(31-19)18-6-3-7-29-18)30-11-17(25)13-4-2-5-14(9-13)24(27)28/h2-10H,11H2,1H3. The molecule has 2 aromatic carbocycles. The molecule has 0 saturated carbocycles. The van der Waals surface area contributed by atoms with E-state index in [0.29, 0.717) is 5.02 Å². The molecule has 31 heavy (non-hydrogen) atoms. The number of nitro groups is 1. The zero-order valence-corrected chi connectivity index (χ0v) is 16.8. The fraction of sp³-hybridized carbons (Fsp3) is 0.0909. The summed E-state index contributed by atoms with van der Waals surface area (Å²) in [5.41, 5.74) is 0.337. The Balaban J connectivity index is 1.75. The van der Waals surface area contributed by atoms with E-state index in [1.807, 2.05) is 0 Å². The van der Waals surface area contributed by atoms with Gasteiger partial charge in [-0.15, -0.1) is 0 Å². The smallest absolute Gasteiger partial charge is 0.270 e. The highest BCUT2D eigenvalue weighted by molar-refractivity contribution is 6.32. The molecule has 0 radical (unpaired) electrons. The highest BCUT2D eigenvalue weighted by atomic mass is 35.5. The first kappa shape index (κ1) is 20.4. The summed E-state index contributed by atoms with van der Waals surface area (Å²) < 4.78 is 16.8. The molecule has 0 saturated heterocycles. The molecule has 2 heterocycles. The molecule has 4 rings (SSSR count). The SMILES string of the molecule is Cc1cc2oc(-c3ccco3)c(OCC(=O)c3cccc([N+](=O)[O-])c3)c(=O)c2cc1Cl. The van der Waals surface area contributed by atoms with E-state index in [1.165, 1.54) is 30.5 Å². The van der Waals surface area contributed by atoms with Crippen LogP contribution >= 0.6 is 11.6 Å². The van der Waals surface area contributed by atoms with Gasteiger partial charge in [0.2, 0.25) is 16.9 Å². The second-order valence-electron chi connectivity index (χ2n) is 6.68. The molecule has 4 aromatic rings. The average Bonchev–Trinajstić information content (AvgIpc) is 3.29. The number of hydrogen-bond acceptors (Lipinski definition) is 7. The number of carbonyl (C=O) groups is 1. The normalized spacial score (nSPS) is 10.9. The van der Waals surface area contributed by atoms with Gasteiger partial charge in [0.1, 0.15) is 5.58 Å². The second-order valence-corrected chi connectivity index (χ2v) is 7.09. The predicted octanol–water partition coefficient (Wildman–Crippen LogP) is 5.18. The maximum Gasteiger partial charge on any atom is 0.270 e. The first-order chi connectivity index (χ1) is 14.8. The number of non-ortho nitro benzene ring substituents is 1. The van der Waals surface area contributed by atoms with Crippen LogP contribution < -0.4 is 10.2 Å². The average molecular weight is 440 g/mol. The Labute approximate surface area is 179 Å². The van der Waals surface area contributed by atoms with Crippen LogP contribution in [-0.2, 0) is 0 Å². The Bertz CT molecular complexity index is 1370. The molecule has 0 aliphatic carbocycles. The Kier molecular flexibility index (Phi) is 5.31. The maximum absolute atomic E-state index is 13.1. The summed E-state index contributed by atoms with van der Waals surface area (Å²) in [6.07, 6.45) is 1.41. The molecule has 0 aliphatic heterocycles. The highest BCUT2D eigenvalue weighted by Gasteiger charge is 2.22. The number of ketones is 1. The number of hydrogen-bond donors (Lipinski definition) is 0. The van der Waals surface area contributed by atoms with Crippen LogP contribution in [0.2, 0.25) is 5.02 Å². The van der Waals surface area contributed by atoms with Gasteiger partial charge in [-0.3, -0.25) is 19.7 Å². The van der Waals surface area contributed by atoms with Crippen LogP contribution in [0.3, 0.4) is 0 Å². The van der Waals surface area contributed by atoms with Crippen molar-refractivity contribution >= 4 is 34.0 Å². The van der Waals surface area contributed by atoms with Crippen LogP contribution in [0.1, 0.15) is 15.9 Å². The van der Waals surface area contributed by atoms with Gasteiger partial charge in [0.25, 0.3) is 5.69 Å². The number of carbonyl (C=O) groups excluding carboxylic acids is 1. The lowest BCUT2D eigenvalue weighted by Crippen LogP contribution is -2.17. The number of nitro benzene ring substituents is 1. The van der Waals surface area contributed by atoms with Crippen LogP contribution in [0.5, 0.6) is 5.75 Å². The zero-order chi connectivity index (χ0) is 22.1. The monoisotopic (exact) mass is 439 g/mol. The van der Waals surface area contributed by atoms with Crippen molar-refractivity contribution in [3.63, 3.8) is 0 Å². The van der Waals surface area contributed by atoms with Gasteiger partial charge in [-0.05, 0) is 36.8 Å². The number of halogens is 1. The van der Waals surface area contributed by atoms with Gasteiger partial charge in [-0.25, -0.2) is 0 Å². The molecule has 2 aromatic heterocycles. The molecular formula is C22H14ClNO7. The number of fused-ring (bicyclic) bond motifs is 1. The molecule has 0 bridgehead atoms. The van der Waals surface area contributed by atoms with Gasteiger partial charge >= 0.3 is 0 Å². The summed E-state index contributed by atoms with van der Waals surface area (Å²) >= 11 is 6.15. The summed E-state index contributed by atoms with van der Waals surface area (Å²) in [5.74, 6) is -0.503. The number of furan rings is 1. The molecule has 0 N–H and O–H groups in total. The van der Waals surface area contributed by atoms with Crippen molar-refractivity contribution in [3.05, 3.63) is 91.3 Å². The number of aryl methyl sites for hydroxylation is 1. The molecule has 0 atom stereocenters. The number of benzene rings is 2. The summed E-state index contributed by atoms with van der Waals surface area (Å²) in [4.78, 5) is 36.0. The summed E-state index contributed by atoms with van der Waals surface area (Å²) in [6.45, 7) is 1.24.